The first kappa shape index (κ1) is 12.4. The first-order chi connectivity index (χ1) is 8.04. The lowest BCUT2D eigenvalue weighted by molar-refractivity contribution is 0.565. The first-order valence-corrected chi connectivity index (χ1v) is 5.84. The Bertz CT molecular complexity index is 613. The molecule has 0 saturated carbocycles. The van der Waals surface area contributed by atoms with E-state index in [0.29, 0.717) is 11.3 Å². The second-order valence-electron chi connectivity index (χ2n) is 3.38. The fraction of sp³-hybridized carbons (Fsp3) is 0.0833. The Morgan fingerprint density at radius 1 is 1.06 bits per heavy atom. The van der Waals surface area contributed by atoms with Crippen LogP contribution in [0.1, 0.15) is 5.56 Å². The van der Waals surface area contributed by atoms with Crippen molar-refractivity contribution in [3.05, 3.63) is 42.0 Å². The average Bonchev–Trinajstić information content (AvgIpc) is 2.27. The summed E-state index contributed by atoms with van der Waals surface area (Å²) in [6.07, 6.45) is 1.46. The predicted molar refractivity (Wildman–Crippen MR) is 71.0 cm³/mol. The molecule has 2 nitrogen and oxygen atoms in total. The van der Waals surface area contributed by atoms with Crippen LogP contribution in [0.5, 0.6) is 0 Å². The van der Waals surface area contributed by atoms with Crippen LogP contribution in [0.15, 0.2) is 41.4 Å². The van der Waals surface area contributed by atoms with E-state index in [4.69, 9.17) is 34.8 Å². The molecule has 0 unspecified atom stereocenters. The Hall–Kier alpha value is -1.05. The number of hydrogen-bond acceptors (Lipinski definition) is 2. The van der Waals surface area contributed by atoms with Crippen LogP contribution in [-0.4, -0.2) is 6.08 Å². The molecule has 0 heterocycles. The third-order valence-corrected chi connectivity index (χ3v) is 2.92. The highest BCUT2D eigenvalue weighted by Crippen LogP contribution is 2.46. The summed E-state index contributed by atoms with van der Waals surface area (Å²) in [7, 11) is 0. The molecule has 0 aliphatic heterocycles. The van der Waals surface area contributed by atoms with Gasteiger partial charge in [0.25, 0.3) is 0 Å². The average molecular weight is 287 g/mol. The highest BCUT2D eigenvalue weighted by atomic mass is 35.6. The minimum absolute atomic E-state index is 0.318. The monoisotopic (exact) mass is 285 g/mol. The van der Waals surface area contributed by atoms with Gasteiger partial charge in [-0.25, -0.2) is 4.79 Å². The molecule has 0 N–H and O–H groups in total. The summed E-state index contributed by atoms with van der Waals surface area (Å²) in [6.45, 7) is 0. The SMILES string of the molecule is O=C=Nc1ccc2ccccc2c1C(Cl)(Cl)Cl. The summed E-state index contributed by atoms with van der Waals surface area (Å²) in [6, 6.07) is 10.9. The number of nitrogens with zero attached hydrogens (tertiary/aromatic N) is 1. The van der Waals surface area contributed by atoms with Gasteiger partial charge < -0.3 is 0 Å². The van der Waals surface area contributed by atoms with E-state index >= 15 is 0 Å². The van der Waals surface area contributed by atoms with Crippen LogP contribution in [0.4, 0.5) is 5.69 Å². The zero-order chi connectivity index (χ0) is 12.5. The molecule has 86 valence electrons. The number of benzene rings is 2. The van der Waals surface area contributed by atoms with E-state index in [9.17, 15) is 4.79 Å². The molecule has 0 aliphatic carbocycles. The maximum atomic E-state index is 10.4. The fourth-order valence-electron chi connectivity index (χ4n) is 1.70. The van der Waals surface area contributed by atoms with Crippen molar-refractivity contribution in [2.24, 2.45) is 4.99 Å². The van der Waals surface area contributed by atoms with E-state index in [1.54, 1.807) is 6.07 Å². The summed E-state index contributed by atoms with van der Waals surface area (Å²) in [5, 5.41) is 1.67. The van der Waals surface area contributed by atoms with Crippen LogP contribution in [0, 0.1) is 0 Å². The lowest BCUT2D eigenvalue weighted by atomic mass is 10.0. The van der Waals surface area contributed by atoms with Crippen molar-refractivity contribution in [1.29, 1.82) is 0 Å². The molecule has 0 bridgehead atoms. The van der Waals surface area contributed by atoms with Crippen molar-refractivity contribution in [2.45, 2.75) is 3.79 Å². The molecule has 0 saturated heterocycles. The number of fused-ring (bicyclic) bond motifs is 1. The van der Waals surface area contributed by atoms with E-state index < -0.39 is 3.79 Å². The minimum Gasteiger partial charge on any atom is -0.211 e. The van der Waals surface area contributed by atoms with Crippen LogP contribution in [0.3, 0.4) is 0 Å². The van der Waals surface area contributed by atoms with E-state index in [0.717, 1.165) is 10.8 Å². The van der Waals surface area contributed by atoms with Gasteiger partial charge in [-0.3, -0.25) is 0 Å². The summed E-state index contributed by atoms with van der Waals surface area (Å²) in [5.41, 5.74) is 0.711. The number of alkyl halides is 3. The van der Waals surface area contributed by atoms with Crippen LogP contribution in [-0.2, 0) is 8.59 Å². The molecule has 0 spiro atoms. The molecule has 5 heteroatoms. The molecular formula is C12H6Cl3NO. The second-order valence-corrected chi connectivity index (χ2v) is 5.66. The molecule has 0 aliphatic rings. The maximum Gasteiger partial charge on any atom is 0.240 e. The highest BCUT2D eigenvalue weighted by Gasteiger charge is 2.28. The normalized spacial score (nSPS) is 11.2. The van der Waals surface area contributed by atoms with Crippen LogP contribution >= 0.6 is 34.8 Å². The number of hydrogen-bond donors (Lipinski definition) is 0. The molecule has 0 atom stereocenters. The van der Waals surface area contributed by atoms with Crippen molar-refractivity contribution in [1.82, 2.24) is 0 Å². The van der Waals surface area contributed by atoms with Crippen molar-refractivity contribution >= 4 is 57.3 Å². The van der Waals surface area contributed by atoms with Gasteiger partial charge in [-0.2, -0.15) is 4.99 Å². The van der Waals surface area contributed by atoms with E-state index in [1.165, 1.54) is 6.08 Å². The van der Waals surface area contributed by atoms with Crippen molar-refractivity contribution < 1.29 is 4.79 Å². The van der Waals surface area contributed by atoms with E-state index in [-0.39, 0.29) is 0 Å². The van der Waals surface area contributed by atoms with E-state index in [2.05, 4.69) is 4.99 Å². The van der Waals surface area contributed by atoms with Gasteiger partial charge in [0.2, 0.25) is 9.87 Å². The van der Waals surface area contributed by atoms with Crippen molar-refractivity contribution in [3.8, 4) is 0 Å². The summed E-state index contributed by atoms with van der Waals surface area (Å²) in [5.74, 6) is 0. The Balaban J connectivity index is 2.89. The fourth-order valence-corrected chi connectivity index (χ4v) is 2.30. The molecule has 17 heavy (non-hydrogen) atoms. The lowest BCUT2D eigenvalue weighted by Crippen LogP contribution is -2.01. The van der Waals surface area contributed by atoms with Crippen molar-refractivity contribution in [3.63, 3.8) is 0 Å². The van der Waals surface area contributed by atoms with Gasteiger partial charge >= 0.3 is 0 Å². The Morgan fingerprint density at radius 3 is 2.41 bits per heavy atom. The number of aliphatic imine (C=N–C) groups is 1. The molecule has 0 amide bonds. The molecule has 2 aromatic carbocycles. The second kappa shape index (κ2) is 4.67. The molecule has 2 aromatic rings. The number of isocyanates is 1. The Kier molecular flexibility index (Phi) is 3.41. The highest BCUT2D eigenvalue weighted by molar-refractivity contribution is 6.67. The van der Waals surface area contributed by atoms with Gasteiger partial charge in [0.1, 0.15) is 0 Å². The molecule has 2 rings (SSSR count). The molecule has 0 radical (unpaired) electrons. The predicted octanol–water partition coefficient (Wildman–Crippen LogP) is 4.63. The van der Waals surface area contributed by atoms with E-state index in [1.807, 2.05) is 30.3 Å². The number of halogens is 3. The zero-order valence-corrected chi connectivity index (χ0v) is 10.7. The van der Waals surface area contributed by atoms with Gasteiger partial charge in [-0.05, 0) is 16.8 Å². The standard InChI is InChI=1S/C12H6Cl3NO/c13-12(14,15)11-9-4-2-1-3-8(9)5-6-10(11)16-7-17/h1-6H. The van der Waals surface area contributed by atoms with Gasteiger partial charge in [-0.15, -0.1) is 0 Å². The first-order valence-electron chi connectivity index (χ1n) is 4.71. The summed E-state index contributed by atoms with van der Waals surface area (Å²) < 4.78 is -1.64. The Labute approximate surface area is 113 Å². The number of carbonyl (C=O) groups excluding carboxylic acids is 1. The van der Waals surface area contributed by atoms with Gasteiger partial charge in [0.05, 0.1) is 5.69 Å². The maximum absolute atomic E-state index is 10.4. The third kappa shape index (κ3) is 2.46. The van der Waals surface area contributed by atoms with Gasteiger partial charge in [0, 0.05) is 5.56 Å². The third-order valence-electron chi connectivity index (χ3n) is 2.36. The van der Waals surface area contributed by atoms with Crippen LogP contribution in [0.25, 0.3) is 10.8 Å². The lowest BCUT2D eigenvalue weighted by Gasteiger charge is -2.16. The topological polar surface area (TPSA) is 29.4 Å². The summed E-state index contributed by atoms with van der Waals surface area (Å²) >= 11 is 17.8. The molecule has 0 aromatic heterocycles. The van der Waals surface area contributed by atoms with Gasteiger partial charge in [0.15, 0.2) is 0 Å². The van der Waals surface area contributed by atoms with Crippen LogP contribution in [0.2, 0.25) is 0 Å². The smallest absolute Gasteiger partial charge is 0.211 e. The molecule has 0 fully saturated rings. The number of rotatable bonds is 1. The van der Waals surface area contributed by atoms with Gasteiger partial charge in [-0.1, -0.05) is 65.1 Å². The zero-order valence-electron chi connectivity index (χ0n) is 8.45. The summed E-state index contributed by atoms with van der Waals surface area (Å²) in [4.78, 5) is 13.9. The van der Waals surface area contributed by atoms with Crippen molar-refractivity contribution in [2.75, 3.05) is 0 Å². The Morgan fingerprint density at radius 2 is 1.76 bits per heavy atom. The van der Waals surface area contributed by atoms with Crippen LogP contribution < -0.4 is 0 Å². The largest absolute Gasteiger partial charge is 0.240 e. The quantitative estimate of drug-likeness (QED) is 0.427. The minimum atomic E-state index is -1.64. The molecular weight excluding hydrogens is 280 g/mol.